The van der Waals surface area contributed by atoms with Crippen molar-refractivity contribution in [2.75, 3.05) is 11.5 Å². The molecule has 0 aliphatic rings. The third-order valence-corrected chi connectivity index (χ3v) is 6.41. The number of unbranched alkanes of at least 4 members (excludes halogenated alkanes) is 8. The molecule has 0 amide bonds. The zero-order valence-electron chi connectivity index (χ0n) is 21.0. The third kappa shape index (κ3) is 12.1. The molecule has 0 N–H and O–H groups in total. The number of ketones is 1. The quantitative estimate of drug-likeness (QED) is 0.0697. The number of hydrogen-bond acceptors (Lipinski definition) is 7. The summed E-state index contributed by atoms with van der Waals surface area (Å²) in [5, 5.41) is 0. The summed E-state index contributed by atoms with van der Waals surface area (Å²) in [6.45, 7) is 0. The molecule has 5 nitrogen and oxygen atoms in total. The summed E-state index contributed by atoms with van der Waals surface area (Å²) in [5.41, 5.74) is 0.975. The maximum absolute atomic E-state index is 12.8. The largest absolute Gasteiger partial charge is 0.427 e. The first-order valence-corrected chi connectivity index (χ1v) is 14.2. The first kappa shape index (κ1) is 30.0. The summed E-state index contributed by atoms with van der Waals surface area (Å²) in [5.74, 6) is 1.97. The average Bonchev–Trinajstić information content (AvgIpc) is 2.88. The Labute approximate surface area is 226 Å². The number of carbonyl (C=O) groups is 3. The Hall–Kier alpha value is -2.25. The van der Waals surface area contributed by atoms with Crippen LogP contribution in [0.1, 0.15) is 93.0 Å². The maximum atomic E-state index is 12.8. The summed E-state index contributed by atoms with van der Waals surface area (Å²) in [4.78, 5) is 36.8. The highest BCUT2D eigenvalue weighted by atomic mass is 32.1. The highest BCUT2D eigenvalue weighted by Gasteiger charge is 2.12. The topological polar surface area (TPSA) is 69.7 Å². The van der Waals surface area contributed by atoms with Gasteiger partial charge in [0.05, 0.1) is 0 Å². The Bertz CT molecular complexity index is 850. The van der Waals surface area contributed by atoms with Crippen LogP contribution in [0.15, 0.2) is 48.5 Å². The molecule has 0 heterocycles. The standard InChI is InChI=1S/C29H38O5S2/c30-27(11-7-3-1-5-9-21-35)33-25-17-13-23(14-18-25)29(32)24-15-19-26(20-16-24)34-28(31)12-8-4-2-6-10-22-36/h13-20,35-36H,1-12,21-22H2. The molecular weight excluding hydrogens is 492 g/mol. The molecule has 0 aliphatic carbocycles. The van der Waals surface area contributed by atoms with Gasteiger partial charge in [-0.15, -0.1) is 0 Å². The SMILES string of the molecule is O=C(CCCCCCCS)Oc1ccc(C(=O)c2ccc(OC(=O)CCCCCCCS)cc2)cc1. The van der Waals surface area contributed by atoms with Gasteiger partial charge in [-0.25, -0.2) is 0 Å². The first-order chi connectivity index (χ1) is 17.5. The summed E-state index contributed by atoms with van der Waals surface area (Å²) < 4.78 is 10.7. The zero-order valence-corrected chi connectivity index (χ0v) is 22.7. The summed E-state index contributed by atoms with van der Waals surface area (Å²) in [6, 6.07) is 13.1. The number of esters is 2. The second-order valence-electron chi connectivity index (χ2n) is 8.81. The molecule has 2 aromatic rings. The van der Waals surface area contributed by atoms with Gasteiger partial charge in [0.2, 0.25) is 0 Å². The van der Waals surface area contributed by atoms with Crippen LogP contribution < -0.4 is 9.47 Å². The van der Waals surface area contributed by atoms with Crippen LogP contribution in [0, 0.1) is 0 Å². The lowest BCUT2D eigenvalue weighted by atomic mass is 10.0. The molecule has 0 atom stereocenters. The predicted octanol–water partition coefficient (Wildman–Crippen LogP) is 7.27. The van der Waals surface area contributed by atoms with Crippen molar-refractivity contribution in [1.82, 2.24) is 0 Å². The summed E-state index contributed by atoms with van der Waals surface area (Å²) in [7, 11) is 0. The van der Waals surface area contributed by atoms with Gasteiger partial charge in [0, 0.05) is 24.0 Å². The molecule has 36 heavy (non-hydrogen) atoms. The van der Waals surface area contributed by atoms with E-state index in [0.717, 1.165) is 75.7 Å². The number of benzene rings is 2. The fourth-order valence-corrected chi connectivity index (χ4v) is 4.15. The lowest BCUT2D eigenvalue weighted by Crippen LogP contribution is -2.08. The van der Waals surface area contributed by atoms with Gasteiger partial charge in [0.15, 0.2) is 5.78 Å². The molecule has 0 aliphatic heterocycles. The second-order valence-corrected chi connectivity index (χ2v) is 9.70. The van der Waals surface area contributed by atoms with E-state index in [0.29, 0.717) is 35.5 Å². The fourth-order valence-electron chi connectivity index (χ4n) is 3.70. The van der Waals surface area contributed by atoms with Gasteiger partial charge in [-0.1, -0.05) is 38.5 Å². The van der Waals surface area contributed by atoms with E-state index in [1.54, 1.807) is 48.5 Å². The van der Waals surface area contributed by atoms with Crippen LogP contribution in [0.4, 0.5) is 0 Å². The lowest BCUT2D eigenvalue weighted by Gasteiger charge is -2.07. The Morgan fingerprint density at radius 3 is 1.19 bits per heavy atom. The molecule has 0 spiro atoms. The molecule has 0 saturated carbocycles. The highest BCUT2D eigenvalue weighted by molar-refractivity contribution is 7.80. The van der Waals surface area contributed by atoms with Crippen LogP contribution in [0.5, 0.6) is 11.5 Å². The smallest absolute Gasteiger partial charge is 0.311 e. The van der Waals surface area contributed by atoms with Crippen molar-refractivity contribution < 1.29 is 23.9 Å². The molecule has 0 radical (unpaired) electrons. The van der Waals surface area contributed by atoms with Crippen molar-refractivity contribution >= 4 is 43.0 Å². The van der Waals surface area contributed by atoms with Crippen molar-refractivity contribution in [2.24, 2.45) is 0 Å². The van der Waals surface area contributed by atoms with Gasteiger partial charge in [-0.3, -0.25) is 14.4 Å². The normalized spacial score (nSPS) is 10.7. The van der Waals surface area contributed by atoms with Gasteiger partial charge in [-0.2, -0.15) is 25.3 Å². The van der Waals surface area contributed by atoms with E-state index in [9.17, 15) is 14.4 Å². The Morgan fingerprint density at radius 1 is 0.500 bits per heavy atom. The van der Waals surface area contributed by atoms with E-state index < -0.39 is 0 Å². The van der Waals surface area contributed by atoms with Crippen LogP contribution in [-0.4, -0.2) is 29.2 Å². The summed E-state index contributed by atoms with van der Waals surface area (Å²) >= 11 is 8.39. The minimum absolute atomic E-state index is 0.159. The van der Waals surface area contributed by atoms with Gasteiger partial charge in [0.1, 0.15) is 11.5 Å². The Morgan fingerprint density at radius 2 is 0.833 bits per heavy atom. The minimum atomic E-state index is -0.262. The molecule has 7 heteroatoms. The molecule has 0 fully saturated rings. The zero-order chi connectivity index (χ0) is 26.0. The van der Waals surface area contributed by atoms with E-state index >= 15 is 0 Å². The van der Waals surface area contributed by atoms with Crippen LogP contribution in [0.25, 0.3) is 0 Å². The van der Waals surface area contributed by atoms with E-state index in [2.05, 4.69) is 25.3 Å². The van der Waals surface area contributed by atoms with Crippen molar-refractivity contribution in [3.05, 3.63) is 59.7 Å². The number of carbonyl (C=O) groups excluding carboxylic acids is 3. The number of thiol groups is 2. The van der Waals surface area contributed by atoms with Gasteiger partial charge in [0.25, 0.3) is 0 Å². The van der Waals surface area contributed by atoms with Crippen molar-refractivity contribution in [2.45, 2.75) is 77.0 Å². The fraction of sp³-hybridized carbons (Fsp3) is 0.483. The van der Waals surface area contributed by atoms with E-state index in [1.807, 2.05) is 0 Å². The molecule has 0 unspecified atom stereocenters. The number of hydrogen-bond donors (Lipinski definition) is 2. The number of rotatable bonds is 18. The van der Waals surface area contributed by atoms with Crippen molar-refractivity contribution in [1.29, 1.82) is 0 Å². The van der Waals surface area contributed by atoms with Crippen molar-refractivity contribution in [3.63, 3.8) is 0 Å². The molecule has 0 aromatic heterocycles. The molecular formula is C29H38O5S2. The van der Waals surface area contributed by atoms with Gasteiger partial charge < -0.3 is 9.47 Å². The molecule has 196 valence electrons. The van der Waals surface area contributed by atoms with Crippen LogP contribution >= 0.6 is 25.3 Å². The maximum Gasteiger partial charge on any atom is 0.311 e. The van der Waals surface area contributed by atoms with Gasteiger partial charge in [-0.05, 0) is 85.7 Å². The lowest BCUT2D eigenvalue weighted by molar-refractivity contribution is -0.135. The van der Waals surface area contributed by atoms with Gasteiger partial charge >= 0.3 is 11.9 Å². The van der Waals surface area contributed by atoms with Crippen LogP contribution in [0.2, 0.25) is 0 Å². The second kappa shape index (κ2) is 18.1. The predicted molar refractivity (Wildman–Crippen MR) is 151 cm³/mol. The monoisotopic (exact) mass is 530 g/mol. The van der Waals surface area contributed by atoms with E-state index in [4.69, 9.17) is 9.47 Å². The summed E-state index contributed by atoms with van der Waals surface area (Å²) in [6.07, 6.45) is 11.1. The third-order valence-electron chi connectivity index (χ3n) is 5.77. The molecule has 0 bridgehead atoms. The van der Waals surface area contributed by atoms with E-state index in [1.165, 1.54) is 0 Å². The molecule has 0 saturated heterocycles. The van der Waals surface area contributed by atoms with Crippen LogP contribution in [0.3, 0.4) is 0 Å². The Kier molecular flexibility index (Phi) is 15.0. The average molecular weight is 531 g/mol. The van der Waals surface area contributed by atoms with Crippen LogP contribution in [-0.2, 0) is 9.59 Å². The first-order valence-electron chi connectivity index (χ1n) is 12.9. The van der Waals surface area contributed by atoms with E-state index in [-0.39, 0.29) is 17.7 Å². The minimum Gasteiger partial charge on any atom is -0.427 e. The highest BCUT2D eigenvalue weighted by Crippen LogP contribution is 2.19. The number of ether oxygens (including phenoxy) is 2. The molecule has 2 aromatic carbocycles. The Balaban J connectivity index is 1.75. The molecule has 2 rings (SSSR count). The van der Waals surface area contributed by atoms with Crippen molar-refractivity contribution in [3.8, 4) is 11.5 Å².